The zero-order valence-corrected chi connectivity index (χ0v) is 5.65. The summed E-state index contributed by atoms with van der Waals surface area (Å²) in [5.74, 6) is 0. The molecule has 2 heteroatoms. The normalized spacial score (nSPS) is 29.0. The van der Waals surface area contributed by atoms with Crippen LogP contribution in [0.1, 0.15) is 0 Å². The highest BCUT2D eigenvalue weighted by Gasteiger charge is 2.12. The minimum atomic E-state index is -0.110. The van der Waals surface area contributed by atoms with Crippen LogP contribution in [0.3, 0.4) is 0 Å². The van der Waals surface area contributed by atoms with Crippen molar-refractivity contribution in [2.24, 2.45) is 0 Å². The van der Waals surface area contributed by atoms with Gasteiger partial charge in [-0.15, -0.1) is 23.2 Å². The van der Waals surface area contributed by atoms with E-state index in [1.54, 1.807) is 6.08 Å². The van der Waals surface area contributed by atoms with Crippen LogP contribution in [0.4, 0.5) is 0 Å². The maximum Gasteiger partial charge on any atom is 0.107 e. The molecule has 0 saturated carbocycles. The summed E-state index contributed by atoms with van der Waals surface area (Å²) in [7, 11) is 0. The fourth-order valence-corrected chi connectivity index (χ4v) is 0.795. The first kappa shape index (κ1) is 6.18. The van der Waals surface area contributed by atoms with Crippen LogP contribution in [-0.4, -0.2) is 5.38 Å². The summed E-state index contributed by atoms with van der Waals surface area (Å²) >= 11 is 11.3. The van der Waals surface area contributed by atoms with Crippen LogP contribution in [0.5, 0.6) is 0 Å². The zero-order valence-electron chi connectivity index (χ0n) is 4.14. The fourth-order valence-electron chi connectivity index (χ4n) is 0.493. The first-order chi connectivity index (χ1) is 3.80. The molecule has 0 amide bonds. The van der Waals surface area contributed by atoms with Gasteiger partial charge in [0.25, 0.3) is 0 Å². The van der Waals surface area contributed by atoms with E-state index in [1.165, 1.54) is 0 Å². The molecule has 0 aliphatic heterocycles. The average molecular weight is 148 g/mol. The molecule has 0 aromatic heterocycles. The topological polar surface area (TPSA) is 0 Å². The Labute approximate surface area is 58.8 Å². The smallest absolute Gasteiger partial charge is 0.107 e. The van der Waals surface area contributed by atoms with E-state index in [0.29, 0.717) is 5.38 Å². The van der Waals surface area contributed by atoms with Crippen LogP contribution in [0, 0.1) is 5.38 Å². The van der Waals surface area contributed by atoms with Crippen LogP contribution in [0.15, 0.2) is 24.3 Å². The Morgan fingerprint density at radius 2 is 2.12 bits per heavy atom. The Hall–Kier alpha value is 0.0600. The summed E-state index contributed by atoms with van der Waals surface area (Å²) in [5, 5.41) is 0.579. The van der Waals surface area contributed by atoms with Crippen molar-refractivity contribution in [3.63, 3.8) is 0 Å². The molecule has 1 radical (unpaired) electrons. The summed E-state index contributed by atoms with van der Waals surface area (Å²) in [6, 6.07) is 0. The number of hydrogen-bond acceptors (Lipinski definition) is 0. The Morgan fingerprint density at radius 3 is 2.50 bits per heavy atom. The second-order valence-electron chi connectivity index (χ2n) is 1.53. The molecule has 0 fully saturated rings. The van der Waals surface area contributed by atoms with E-state index in [9.17, 15) is 0 Å². The lowest BCUT2D eigenvalue weighted by Gasteiger charge is -2.07. The van der Waals surface area contributed by atoms with E-state index in [4.69, 9.17) is 23.2 Å². The molecule has 1 unspecified atom stereocenters. The molecule has 1 aliphatic rings. The monoisotopic (exact) mass is 147 g/mol. The molecule has 1 rings (SSSR count). The van der Waals surface area contributed by atoms with E-state index in [2.05, 4.69) is 0 Å². The summed E-state index contributed by atoms with van der Waals surface area (Å²) in [6.07, 6.45) is 7.37. The van der Waals surface area contributed by atoms with Crippen molar-refractivity contribution in [1.29, 1.82) is 0 Å². The van der Waals surface area contributed by atoms with Crippen LogP contribution in [0.2, 0.25) is 0 Å². The van der Waals surface area contributed by atoms with Crippen LogP contribution in [0.25, 0.3) is 0 Å². The first-order valence-corrected chi connectivity index (χ1v) is 3.13. The summed E-state index contributed by atoms with van der Waals surface area (Å²) in [6.45, 7) is 0. The highest BCUT2D eigenvalue weighted by atomic mass is 35.5. The molecule has 0 saturated heterocycles. The number of rotatable bonds is 0. The summed E-state index contributed by atoms with van der Waals surface area (Å²) in [4.78, 5) is 0. The molecular weight excluding hydrogens is 143 g/mol. The van der Waals surface area contributed by atoms with Gasteiger partial charge in [0.05, 0.1) is 5.38 Å². The maximum atomic E-state index is 5.66. The number of allylic oxidation sites excluding steroid dienone is 4. The second kappa shape index (κ2) is 2.56. The lowest BCUT2D eigenvalue weighted by atomic mass is 10.2. The Bertz CT molecular complexity index is 110. The van der Waals surface area contributed by atoms with Crippen molar-refractivity contribution in [3.05, 3.63) is 29.7 Å². The standard InChI is InChI=1S/C6H5Cl2/c7-5-3-1-2-4-6(5)8/h1-5H. The molecule has 0 bridgehead atoms. The highest BCUT2D eigenvalue weighted by molar-refractivity contribution is 6.37. The van der Waals surface area contributed by atoms with Gasteiger partial charge in [-0.05, 0) is 0 Å². The highest BCUT2D eigenvalue weighted by Crippen LogP contribution is 2.23. The number of halogens is 2. The molecule has 0 nitrogen and oxygen atoms in total. The van der Waals surface area contributed by atoms with Crippen LogP contribution < -0.4 is 0 Å². The van der Waals surface area contributed by atoms with E-state index >= 15 is 0 Å². The fraction of sp³-hybridized carbons (Fsp3) is 0.167. The molecule has 0 heterocycles. The van der Waals surface area contributed by atoms with E-state index in [0.717, 1.165) is 0 Å². The van der Waals surface area contributed by atoms with Gasteiger partial charge in [0, 0.05) is 0 Å². The van der Waals surface area contributed by atoms with Crippen LogP contribution >= 0.6 is 23.2 Å². The maximum absolute atomic E-state index is 5.66. The van der Waals surface area contributed by atoms with Gasteiger partial charge in [0.1, 0.15) is 5.38 Å². The summed E-state index contributed by atoms with van der Waals surface area (Å²) < 4.78 is 0. The SMILES string of the molecule is Cl[C]1C=CC=CC1Cl. The third kappa shape index (κ3) is 1.27. The van der Waals surface area contributed by atoms with E-state index < -0.39 is 0 Å². The van der Waals surface area contributed by atoms with Gasteiger partial charge in [-0.25, -0.2) is 0 Å². The Morgan fingerprint density at radius 1 is 1.38 bits per heavy atom. The predicted molar refractivity (Wildman–Crippen MR) is 37.0 cm³/mol. The van der Waals surface area contributed by atoms with E-state index in [1.807, 2.05) is 18.2 Å². The predicted octanol–water partition coefficient (Wildman–Crippen LogP) is 2.49. The molecular formula is C6H5Cl2. The minimum Gasteiger partial charge on any atom is -0.116 e. The van der Waals surface area contributed by atoms with Crippen molar-refractivity contribution < 1.29 is 0 Å². The quantitative estimate of drug-likeness (QED) is 0.463. The molecule has 0 spiro atoms. The second-order valence-corrected chi connectivity index (χ2v) is 2.44. The van der Waals surface area contributed by atoms with Gasteiger partial charge in [-0.3, -0.25) is 0 Å². The Kier molecular flexibility index (Phi) is 1.98. The van der Waals surface area contributed by atoms with Crippen molar-refractivity contribution in [2.75, 3.05) is 0 Å². The lowest BCUT2D eigenvalue weighted by Crippen LogP contribution is -2.01. The third-order valence-corrected chi connectivity index (χ3v) is 1.76. The molecule has 43 valence electrons. The Balaban J connectivity index is 2.59. The van der Waals surface area contributed by atoms with Crippen molar-refractivity contribution in [1.82, 2.24) is 0 Å². The van der Waals surface area contributed by atoms with Gasteiger partial charge in [-0.1, -0.05) is 24.3 Å². The van der Waals surface area contributed by atoms with Gasteiger partial charge in [0.2, 0.25) is 0 Å². The van der Waals surface area contributed by atoms with Crippen molar-refractivity contribution >= 4 is 23.2 Å². The molecule has 1 aliphatic carbocycles. The first-order valence-electron chi connectivity index (χ1n) is 2.32. The molecule has 0 N–H and O–H groups in total. The van der Waals surface area contributed by atoms with Crippen molar-refractivity contribution in [3.8, 4) is 0 Å². The molecule has 0 aromatic carbocycles. The number of hydrogen-bond donors (Lipinski definition) is 0. The van der Waals surface area contributed by atoms with Gasteiger partial charge in [-0.2, -0.15) is 0 Å². The van der Waals surface area contributed by atoms with Gasteiger partial charge in [0.15, 0.2) is 0 Å². The largest absolute Gasteiger partial charge is 0.116 e. The van der Waals surface area contributed by atoms with E-state index in [-0.39, 0.29) is 5.38 Å². The van der Waals surface area contributed by atoms with Gasteiger partial charge >= 0.3 is 0 Å². The average Bonchev–Trinajstić information content (AvgIpc) is 1.77. The van der Waals surface area contributed by atoms with Gasteiger partial charge < -0.3 is 0 Å². The molecule has 0 aromatic rings. The number of alkyl halides is 1. The lowest BCUT2D eigenvalue weighted by molar-refractivity contribution is 1.22. The van der Waals surface area contributed by atoms with Crippen LogP contribution in [-0.2, 0) is 0 Å². The summed E-state index contributed by atoms with van der Waals surface area (Å²) in [5.41, 5.74) is 0. The molecule has 8 heavy (non-hydrogen) atoms. The zero-order chi connectivity index (χ0) is 5.98. The van der Waals surface area contributed by atoms with Crippen molar-refractivity contribution in [2.45, 2.75) is 5.38 Å². The minimum absolute atomic E-state index is 0.110. The molecule has 1 atom stereocenters. The third-order valence-electron chi connectivity index (χ3n) is 0.910.